The summed E-state index contributed by atoms with van der Waals surface area (Å²) in [5, 5.41) is 37.7. The predicted octanol–water partition coefficient (Wildman–Crippen LogP) is 1.97. The van der Waals surface area contributed by atoms with Gasteiger partial charge in [-0.2, -0.15) is 0 Å². The number of nitrogens with zero attached hydrogens (tertiary/aromatic N) is 8. The summed E-state index contributed by atoms with van der Waals surface area (Å²) in [6, 6.07) is 17.2. The fourth-order valence-electron chi connectivity index (χ4n) is 5.80. The molecular weight excluding hydrogens is 726 g/mol. The van der Waals surface area contributed by atoms with Gasteiger partial charge in [-0.3, -0.25) is 18.7 Å². The van der Waals surface area contributed by atoms with Crippen molar-refractivity contribution in [2.24, 2.45) is 0 Å². The van der Waals surface area contributed by atoms with Gasteiger partial charge in [0.05, 0.1) is 25.4 Å². The number of hydrogen-bond acceptors (Lipinski definition) is 14. The molecule has 2 aliphatic heterocycles. The minimum absolute atomic E-state index is 0.167. The molecule has 0 radical (unpaired) electrons. The molecule has 6 N–H and O–H groups in total. The molecule has 0 spiro atoms. The number of nitrogens with one attached hydrogen (secondary N) is 2. The topological polar surface area (TPSA) is 245 Å². The third kappa shape index (κ3) is 7.85. The van der Waals surface area contributed by atoms with Crippen molar-refractivity contribution in [2.45, 2.75) is 56.1 Å². The fourth-order valence-corrected chi connectivity index (χ4v) is 5.80. The van der Waals surface area contributed by atoms with Crippen LogP contribution in [0.5, 0.6) is 0 Å². The van der Waals surface area contributed by atoms with Crippen molar-refractivity contribution in [2.75, 3.05) is 24.4 Å². The Morgan fingerprint density at radius 3 is 1.65 bits per heavy atom. The quantitative estimate of drug-likeness (QED) is 0.136. The average Bonchev–Trinajstić information content (AvgIpc) is 4.00. The first kappa shape index (κ1) is 36.1. The molecule has 2 fully saturated rings. The van der Waals surface area contributed by atoms with Crippen LogP contribution in [0.3, 0.4) is 0 Å². The van der Waals surface area contributed by atoms with E-state index in [-0.39, 0.29) is 52.7 Å². The van der Waals surface area contributed by atoms with E-state index in [1.165, 1.54) is 41.6 Å². The van der Waals surface area contributed by atoms with Crippen LogP contribution in [-0.4, -0.2) is 123 Å². The van der Waals surface area contributed by atoms with Gasteiger partial charge < -0.3 is 40.5 Å². The molecule has 8 rings (SSSR count). The second kappa shape index (κ2) is 17.1. The molecule has 2 aromatic carbocycles. The van der Waals surface area contributed by atoms with Gasteiger partial charge in [0.25, 0.3) is 11.8 Å². The number of carbonyl (C=O) groups is 2. The van der Waals surface area contributed by atoms with Crippen LogP contribution >= 0.6 is 0 Å². The first-order valence-electron chi connectivity index (χ1n) is 17.7. The number of carbonyl (C=O) groups excluding carboxylic acids is 2. The van der Waals surface area contributed by atoms with E-state index in [4.69, 9.17) is 12.3 Å². The minimum atomic E-state index is -1.77. The summed E-state index contributed by atoms with van der Waals surface area (Å²) in [7, 11) is 1.29. The number of benzene rings is 2. The van der Waals surface area contributed by atoms with Gasteiger partial charge in [-0.15, -0.1) is 0 Å². The van der Waals surface area contributed by atoms with Crippen molar-refractivity contribution in [1.29, 1.82) is 1.43 Å². The molecule has 0 bridgehead atoms. The van der Waals surface area contributed by atoms with Crippen LogP contribution in [0.15, 0.2) is 86.0 Å². The van der Waals surface area contributed by atoms with Gasteiger partial charge in [-0.05, 0) is 31.2 Å². The Morgan fingerprint density at radius 1 is 0.782 bits per heavy atom. The van der Waals surface area contributed by atoms with Crippen molar-refractivity contribution < 1.29 is 49.6 Å². The van der Waals surface area contributed by atoms with Crippen molar-refractivity contribution >= 4 is 45.8 Å². The number of alkyl halides is 2. The Balaban J connectivity index is 0.000000180. The molecular formula is C35H36F2N10O8. The Labute approximate surface area is 313 Å². The lowest BCUT2D eigenvalue weighted by atomic mass is 10.1. The van der Waals surface area contributed by atoms with E-state index in [9.17, 15) is 33.7 Å². The number of halogens is 2. The van der Waals surface area contributed by atoms with E-state index in [1.807, 2.05) is 0 Å². The number of anilines is 2. The zero-order valence-electron chi connectivity index (χ0n) is 30.8. The highest BCUT2D eigenvalue weighted by Gasteiger charge is 2.46. The van der Waals surface area contributed by atoms with Crippen LogP contribution in [0.25, 0.3) is 22.3 Å². The number of hydrogen-bond donors (Lipinski definition) is 6. The maximum Gasteiger partial charge on any atom is 0.256 e. The Morgan fingerprint density at radius 2 is 1.24 bits per heavy atom. The van der Waals surface area contributed by atoms with Crippen LogP contribution < -0.4 is 10.6 Å². The molecule has 18 nitrogen and oxygen atoms in total. The fraction of sp³-hybridized carbons (Fsp3) is 0.314. The lowest BCUT2D eigenvalue weighted by Gasteiger charge is -2.15. The maximum absolute atomic E-state index is 14.4. The van der Waals surface area contributed by atoms with E-state index in [1.54, 1.807) is 60.7 Å². The van der Waals surface area contributed by atoms with Gasteiger partial charge in [0.2, 0.25) is 1.43 Å². The highest BCUT2D eigenvalue weighted by molar-refractivity contribution is 6.07. The van der Waals surface area contributed by atoms with Gasteiger partial charge in [-0.25, -0.2) is 38.7 Å². The third-order valence-corrected chi connectivity index (χ3v) is 8.57. The first-order chi connectivity index (χ1) is 27.6. The summed E-state index contributed by atoms with van der Waals surface area (Å²) in [6.07, 6.45) is -5.64. The predicted molar refractivity (Wildman–Crippen MR) is 190 cm³/mol. The SMILES string of the molecule is O=C(Nc1ncnc2c1ncn2C1O[C@H](CO)[C@@H](O)[C@H]1F)c1ccccc1.[2H]C[C@H]1OC(n2cnc3c(NC(=O)c4ccccc4)ncnc32)[C@H](F)[C@@H]1O.[3H]OC. The Kier molecular flexibility index (Phi) is 11.2. The summed E-state index contributed by atoms with van der Waals surface area (Å²) in [4.78, 5) is 49.3. The average molecular weight is 766 g/mol. The van der Waals surface area contributed by atoms with E-state index in [2.05, 4.69) is 45.6 Å². The smallest absolute Gasteiger partial charge is 0.256 e. The van der Waals surface area contributed by atoms with Crippen LogP contribution in [-0.2, 0) is 9.47 Å². The second-order valence-corrected chi connectivity index (χ2v) is 11.9. The molecule has 2 aliphatic rings. The normalized spacial score (nSPS) is 24.9. The molecule has 55 heavy (non-hydrogen) atoms. The summed E-state index contributed by atoms with van der Waals surface area (Å²) in [5.74, 6) is -0.393. The first-order valence-corrected chi connectivity index (χ1v) is 16.5. The van der Waals surface area contributed by atoms with E-state index < -0.39 is 55.8 Å². The van der Waals surface area contributed by atoms with Gasteiger partial charge in [0.1, 0.15) is 31.0 Å². The number of amides is 2. The largest absolute Gasteiger partial charge is 0.400 e. The number of fused-ring (bicyclic) bond motifs is 2. The zero-order valence-corrected chi connectivity index (χ0v) is 28.8. The standard InChI is InChI=1S/C17H16FN5O4.C17H16FN5O3.CH4O/c18-11-13(25)10(6-24)27-17(11)23-8-21-12-14(19-7-20-15(12)23)22-16(26)9-4-2-1-3-5-9;1-9-13(24)11(18)17(26-9)23-8-21-12-14(19-7-20-15(12)23)22-16(25)10-5-3-2-4-6-10;1-2/h1-5,7-8,10-11,13,17,24-25H,6H2,(H,19,20,22,26);2-9,11,13,17,24H,1H3,(H,19,20,22,25);2H,1H3/t10-,11-,13-,17?;9-,11-,13-,17?;/m11./s1/i;1D;2T. The molecule has 6 heterocycles. The van der Waals surface area contributed by atoms with Gasteiger partial charge >= 0.3 is 0 Å². The number of aliphatic hydroxyl groups is 4. The minimum Gasteiger partial charge on any atom is -0.400 e. The van der Waals surface area contributed by atoms with E-state index in [0.717, 1.165) is 0 Å². The molecule has 6 aromatic rings. The third-order valence-electron chi connectivity index (χ3n) is 8.57. The molecule has 288 valence electrons. The van der Waals surface area contributed by atoms with E-state index >= 15 is 0 Å². The Bertz CT molecular complexity index is 2120. The zero-order chi connectivity index (χ0) is 40.6. The van der Waals surface area contributed by atoms with Crippen molar-refractivity contribution in [3.63, 3.8) is 0 Å². The van der Waals surface area contributed by atoms with Crippen molar-refractivity contribution in [1.82, 2.24) is 39.0 Å². The molecule has 0 aliphatic carbocycles. The van der Waals surface area contributed by atoms with Crippen LogP contribution in [0, 0.1) is 0 Å². The maximum atomic E-state index is 14.4. The van der Waals surface area contributed by atoms with Crippen LogP contribution in [0.1, 0.15) is 41.4 Å². The van der Waals surface area contributed by atoms with Crippen molar-refractivity contribution in [3.8, 4) is 0 Å². The summed E-state index contributed by atoms with van der Waals surface area (Å²) < 4.78 is 55.3. The monoisotopic (exact) mass is 765 g/mol. The summed E-state index contributed by atoms with van der Waals surface area (Å²) in [6.45, 7) is -0.782. The molecule has 2 saturated heterocycles. The highest BCUT2D eigenvalue weighted by atomic mass is 19.1. The molecule has 8 atom stereocenters. The second-order valence-electron chi connectivity index (χ2n) is 11.9. The molecule has 4 aromatic heterocycles. The van der Waals surface area contributed by atoms with Crippen LogP contribution in [0.4, 0.5) is 20.4 Å². The van der Waals surface area contributed by atoms with Crippen LogP contribution in [0.2, 0.25) is 0 Å². The van der Waals surface area contributed by atoms with Crippen molar-refractivity contribution in [3.05, 3.63) is 97.1 Å². The van der Waals surface area contributed by atoms with Gasteiger partial charge in [0, 0.05) is 19.6 Å². The lowest BCUT2D eigenvalue weighted by Crippen LogP contribution is -2.30. The van der Waals surface area contributed by atoms with E-state index in [0.29, 0.717) is 11.1 Å². The van der Waals surface area contributed by atoms with Gasteiger partial charge in [-0.1, -0.05) is 36.4 Å². The number of ether oxygens (including phenoxy) is 2. The molecule has 2 amide bonds. The Hall–Kier alpha value is -5.90. The summed E-state index contributed by atoms with van der Waals surface area (Å²) >= 11 is 0. The molecule has 2 unspecified atom stereocenters. The number of aromatic nitrogens is 8. The summed E-state index contributed by atoms with van der Waals surface area (Å²) in [5.41, 5.74) is 1.89. The van der Waals surface area contributed by atoms with Gasteiger partial charge in [0.15, 0.2) is 58.8 Å². The number of aliphatic hydroxyl groups excluding tert-OH is 4. The lowest BCUT2D eigenvalue weighted by molar-refractivity contribution is -0.0459. The number of rotatable bonds is 7. The number of imidazole rings is 2. The molecule has 0 saturated carbocycles. The highest BCUT2D eigenvalue weighted by Crippen LogP contribution is 2.35. The molecule has 20 heteroatoms.